The first-order chi connectivity index (χ1) is 14.1. The molecule has 4 rings (SSSR count). The number of nitrogens with zero attached hydrogens (tertiary/aromatic N) is 2. The number of amides is 2. The Morgan fingerprint density at radius 2 is 2.00 bits per heavy atom. The van der Waals surface area contributed by atoms with E-state index < -0.39 is 5.91 Å². The zero-order chi connectivity index (χ0) is 20.2. The number of rotatable bonds is 7. The van der Waals surface area contributed by atoms with Crippen molar-refractivity contribution in [2.45, 2.75) is 37.4 Å². The summed E-state index contributed by atoms with van der Waals surface area (Å²) < 4.78 is 2.02. The van der Waals surface area contributed by atoms with E-state index in [0.717, 1.165) is 36.4 Å². The van der Waals surface area contributed by atoms with Crippen molar-refractivity contribution in [1.29, 1.82) is 0 Å². The number of carbonyl (C=O) groups excluding carboxylic acids is 2. The molecule has 2 aromatic heterocycles. The highest BCUT2D eigenvalue weighted by molar-refractivity contribution is 7.99. The molecule has 0 radical (unpaired) electrons. The Kier molecular flexibility index (Phi) is 6.01. The van der Waals surface area contributed by atoms with Crippen LogP contribution in [0, 0.1) is 0 Å². The minimum Gasteiger partial charge on any atom is -0.365 e. The maximum Gasteiger partial charge on any atom is 0.251 e. The molecule has 0 saturated heterocycles. The molecule has 1 aromatic carbocycles. The topological polar surface area (TPSA) is 90.0 Å². The van der Waals surface area contributed by atoms with Crippen molar-refractivity contribution in [1.82, 2.24) is 9.55 Å². The lowest BCUT2D eigenvalue weighted by atomic mass is 9.95. The predicted molar refractivity (Wildman–Crippen MR) is 117 cm³/mol. The van der Waals surface area contributed by atoms with Gasteiger partial charge < -0.3 is 15.6 Å². The highest BCUT2D eigenvalue weighted by atomic mass is 32.2. The molecule has 2 amide bonds. The first kappa shape index (κ1) is 19.7. The fraction of sp³-hybridized carbons (Fsp3) is 0.286. The maximum absolute atomic E-state index is 12.6. The molecule has 0 saturated carbocycles. The molecule has 0 unspecified atom stereocenters. The Morgan fingerprint density at radius 3 is 2.79 bits per heavy atom. The summed E-state index contributed by atoms with van der Waals surface area (Å²) in [5.41, 5.74) is 8.29. The smallest absolute Gasteiger partial charge is 0.251 e. The van der Waals surface area contributed by atoms with Crippen LogP contribution >= 0.6 is 23.1 Å². The third kappa shape index (κ3) is 4.54. The first-order valence-corrected chi connectivity index (χ1v) is 11.3. The van der Waals surface area contributed by atoms with Crippen LogP contribution in [0.5, 0.6) is 0 Å². The van der Waals surface area contributed by atoms with E-state index in [-0.39, 0.29) is 11.7 Å². The minimum atomic E-state index is -0.467. The highest BCUT2D eigenvalue weighted by Gasteiger charge is 2.25. The number of imidazole rings is 1. The van der Waals surface area contributed by atoms with Gasteiger partial charge in [0.05, 0.1) is 11.3 Å². The largest absolute Gasteiger partial charge is 0.365 e. The number of carbonyl (C=O) groups is 2. The average Bonchev–Trinajstić information content (AvgIpc) is 3.30. The molecule has 0 spiro atoms. The number of anilines is 1. The van der Waals surface area contributed by atoms with Gasteiger partial charge >= 0.3 is 0 Å². The zero-order valence-electron chi connectivity index (χ0n) is 15.9. The van der Waals surface area contributed by atoms with Crippen LogP contribution in [0.25, 0.3) is 0 Å². The lowest BCUT2D eigenvalue weighted by Gasteiger charge is -2.11. The normalized spacial score (nSPS) is 13.1. The fourth-order valence-electron chi connectivity index (χ4n) is 3.54. The van der Waals surface area contributed by atoms with Crippen molar-refractivity contribution < 1.29 is 9.59 Å². The number of primary amides is 1. The number of aromatic nitrogens is 2. The van der Waals surface area contributed by atoms with Gasteiger partial charge in [0, 0.05) is 23.8 Å². The lowest BCUT2D eigenvalue weighted by molar-refractivity contribution is -0.113. The number of thiophene rings is 1. The number of nitrogens with one attached hydrogen (secondary N) is 1. The van der Waals surface area contributed by atoms with Crippen LogP contribution in [-0.2, 0) is 24.2 Å². The van der Waals surface area contributed by atoms with Gasteiger partial charge in [-0.1, -0.05) is 42.1 Å². The maximum atomic E-state index is 12.6. The van der Waals surface area contributed by atoms with Crippen molar-refractivity contribution in [3.8, 4) is 0 Å². The van der Waals surface area contributed by atoms with Crippen LogP contribution < -0.4 is 11.1 Å². The quantitative estimate of drug-likeness (QED) is 0.564. The summed E-state index contributed by atoms with van der Waals surface area (Å²) in [6, 6.07) is 10.1. The summed E-state index contributed by atoms with van der Waals surface area (Å²) in [7, 11) is 0. The number of aryl methyl sites for hydroxylation is 1. The van der Waals surface area contributed by atoms with E-state index in [0.29, 0.717) is 17.1 Å². The molecular weight excluding hydrogens is 404 g/mol. The van der Waals surface area contributed by atoms with Gasteiger partial charge in [-0.25, -0.2) is 4.98 Å². The van der Waals surface area contributed by atoms with Gasteiger partial charge in [0.15, 0.2) is 5.16 Å². The molecule has 1 aliphatic rings. The SMILES string of the molecule is NC(=O)c1c(NC(=O)CSc2nccn2Cc2ccccc2)sc2c1CCCC2. The molecule has 0 bridgehead atoms. The molecule has 0 aliphatic heterocycles. The summed E-state index contributed by atoms with van der Waals surface area (Å²) in [4.78, 5) is 30.0. The number of hydrogen-bond donors (Lipinski definition) is 2. The third-order valence-electron chi connectivity index (χ3n) is 4.88. The van der Waals surface area contributed by atoms with E-state index in [1.807, 2.05) is 29.0 Å². The van der Waals surface area contributed by atoms with E-state index in [9.17, 15) is 9.59 Å². The Morgan fingerprint density at radius 1 is 1.21 bits per heavy atom. The number of nitrogens with two attached hydrogens (primary N) is 1. The van der Waals surface area contributed by atoms with Gasteiger partial charge in [-0.05, 0) is 36.8 Å². The Labute approximate surface area is 177 Å². The van der Waals surface area contributed by atoms with Crippen LogP contribution in [0.2, 0.25) is 0 Å². The van der Waals surface area contributed by atoms with Gasteiger partial charge in [-0.3, -0.25) is 9.59 Å². The van der Waals surface area contributed by atoms with Crippen molar-refractivity contribution in [3.63, 3.8) is 0 Å². The molecule has 150 valence electrons. The van der Waals surface area contributed by atoms with Gasteiger partial charge in [0.2, 0.25) is 5.91 Å². The molecule has 6 nitrogen and oxygen atoms in total. The molecule has 0 atom stereocenters. The summed E-state index contributed by atoms with van der Waals surface area (Å²) in [5, 5.41) is 4.27. The van der Waals surface area contributed by atoms with Crippen molar-refractivity contribution >= 4 is 39.9 Å². The van der Waals surface area contributed by atoms with Gasteiger partial charge in [-0.2, -0.15) is 0 Å². The standard InChI is InChI=1S/C21H22N4O2S2/c22-19(27)18-15-8-4-5-9-16(15)29-20(18)24-17(26)13-28-21-23-10-11-25(21)12-14-6-2-1-3-7-14/h1-3,6-7,10-11H,4-5,8-9,12-13H2,(H2,22,27)(H,24,26). The van der Waals surface area contributed by atoms with Gasteiger partial charge in [-0.15, -0.1) is 11.3 Å². The minimum absolute atomic E-state index is 0.162. The van der Waals surface area contributed by atoms with Crippen molar-refractivity contribution in [3.05, 3.63) is 64.3 Å². The van der Waals surface area contributed by atoms with Crippen molar-refractivity contribution in [2.75, 3.05) is 11.1 Å². The predicted octanol–water partition coefficient (Wildman–Crippen LogP) is 3.70. The summed E-state index contributed by atoms with van der Waals surface area (Å²) in [6.45, 7) is 0.703. The molecule has 3 aromatic rings. The number of fused-ring (bicyclic) bond motifs is 1. The molecular formula is C21H22N4O2S2. The van der Waals surface area contributed by atoms with Crippen LogP contribution in [-0.4, -0.2) is 27.1 Å². The average molecular weight is 427 g/mol. The second kappa shape index (κ2) is 8.84. The molecule has 2 heterocycles. The Bertz CT molecular complexity index is 1030. The molecule has 0 fully saturated rings. The van der Waals surface area contributed by atoms with Crippen LogP contribution in [0.4, 0.5) is 5.00 Å². The second-order valence-corrected chi connectivity index (χ2v) is 8.99. The summed E-state index contributed by atoms with van der Waals surface area (Å²) >= 11 is 2.86. The molecule has 8 heteroatoms. The van der Waals surface area contributed by atoms with Crippen LogP contribution in [0.15, 0.2) is 47.9 Å². The van der Waals surface area contributed by atoms with Gasteiger partial charge in [0.1, 0.15) is 5.00 Å². The van der Waals surface area contributed by atoms with E-state index in [1.165, 1.54) is 33.5 Å². The number of benzene rings is 1. The van der Waals surface area contributed by atoms with Gasteiger partial charge in [0.25, 0.3) is 5.91 Å². The molecule has 29 heavy (non-hydrogen) atoms. The third-order valence-corrected chi connectivity index (χ3v) is 7.09. The van der Waals surface area contributed by atoms with E-state index in [4.69, 9.17) is 5.73 Å². The lowest BCUT2D eigenvalue weighted by Crippen LogP contribution is -2.19. The Hall–Kier alpha value is -2.58. The number of hydrogen-bond acceptors (Lipinski definition) is 5. The first-order valence-electron chi connectivity index (χ1n) is 9.54. The van der Waals surface area contributed by atoms with E-state index in [2.05, 4.69) is 22.4 Å². The zero-order valence-corrected chi connectivity index (χ0v) is 17.5. The van der Waals surface area contributed by atoms with E-state index in [1.54, 1.807) is 6.20 Å². The number of thioether (sulfide) groups is 1. The van der Waals surface area contributed by atoms with Crippen LogP contribution in [0.3, 0.4) is 0 Å². The van der Waals surface area contributed by atoms with Crippen LogP contribution in [0.1, 0.15) is 39.2 Å². The summed E-state index contributed by atoms with van der Waals surface area (Å²) in [6.07, 6.45) is 7.61. The van der Waals surface area contributed by atoms with E-state index >= 15 is 0 Å². The Balaban J connectivity index is 1.41. The summed E-state index contributed by atoms with van der Waals surface area (Å²) in [5.74, 6) is -0.414. The highest BCUT2D eigenvalue weighted by Crippen LogP contribution is 2.38. The fourth-order valence-corrected chi connectivity index (χ4v) is 5.61. The van der Waals surface area contributed by atoms with Crippen molar-refractivity contribution in [2.24, 2.45) is 5.73 Å². The molecule has 3 N–H and O–H groups in total. The molecule has 1 aliphatic carbocycles. The monoisotopic (exact) mass is 426 g/mol. The second-order valence-electron chi connectivity index (χ2n) is 6.94.